The molecule has 7 heterocycles. The summed E-state index contributed by atoms with van der Waals surface area (Å²) in [7, 11) is 0. The van der Waals surface area contributed by atoms with Crippen LogP contribution in [0, 0.1) is 12.8 Å². The number of carbonyl (C=O) groups is 2. The Morgan fingerprint density at radius 1 is 1.03 bits per heavy atom. The number of thiazole rings is 1. The molecule has 5 aromatic heterocycles. The highest BCUT2D eigenvalue weighted by atomic mass is 32.1. The number of rotatable bonds is 10. The number of benzene rings is 2. The third-order valence-corrected chi connectivity index (χ3v) is 13.0. The van der Waals surface area contributed by atoms with Crippen molar-refractivity contribution in [1.29, 1.82) is 0 Å². The molecule has 0 radical (unpaired) electrons. The number of H-pyrrole nitrogens is 1. The molecule has 0 unspecified atom stereocenters. The third-order valence-electron chi connectivity index (χ3n) is 12.0. The number of hydrogen-bond donors (Lipinski definition) is 4. The number of para-hydroxylation sites is 1. The summed E-state index contributed by atoms with van der Waals surface area (Å²) >= 11 is 1.58. The number of carbonyl (C=O) groups excluding carboxylic acids is 2. The SMILES string of the molecule is Cc1ncsc1-c1ccc(CNC(=O)[C@@H]2C[C@@H](O)CN2C(=O)[C@](C)(c2cc(-c3cnc(N4CCc5[nH]c6nnc(-c7ccccc7O)cc6c5C4)nc3)no2)C(C)C)cc1. The predicted molar refractivity (Wildman–Crippen MR) is 226 cm³/mol. The summed E-state index contributed by atoms with van der Waals surface area (Å²) in [6.45, 7) is 9.17. The summed E-state index contributed by atoms with van der Waals surface area (Å²) in [5.41, 5.74) is 8.70. The van der Waals surface area contributed by atoms with Crippen molar-refractivity contribution in [3.8, 4) is 38.7 Å². The second-order valence-electron chi connectivity index (χ2n) is 16.0. The lowest BCUT2D eigenvalue weighted by Crippen LogP contribution is -2.53. The molecule has 9 rings (SSSR count). The number of hydrogen-bond acceptors (Lipinski definition) is 13. The van der Waals surface area contributed by atoms with Gasteiger partial charge in [0.2, 0.25) is 17.8 Å². The number of β-amino-alcohol motifs (C(OH)–C–C–N with tert-alkyl or cyclic N) is 1. The first-order chi connectivity index (χ1) is 29.0. The average molecular weight is 825 g/mol. The summed E-state index contributed by atoms with van der Waals surface area (Å²) in [4.78, 5) is 50.0. The number of fused-ring (bicyclic) bond motifs is 3. The van der Waals surface area contributed by atoms with E-state index >= 15 is 0 Å². The van der Waals surface area contributed by atoms with Gasteiger partial charge in [-0.2, -0.15) is 0 Å². The number of aliphatic hydroxyl groups is 1. The minimum Gasteiger partial charge on any atom is -0.507 e. The molecule has 0 aliphatic carbocycles. The molecule has 60 heavy (non-hydrogen) atoms. The molecule has 0 bridgehead atoms. The molecular formula is C44H44N10O5S. The van der Waals surface area contributed by atoms with Gasteiger partial charge in [0.25, 0.3) is 0 Å². The van der Waals surface area contributed by atoms with E-state index in [9.17, 15) is 19.8 Å². The maximum absolute atomic E-state index is 14.5. The van der Waals surface area contributed by atoms with Crippen LogP contribution in [-0.2, 0) is 34.5 Å². The predicted octanol–water partition coefficient (Wildman–Crippen LogP) is 5.96. The number of nitrogens with zero attached hydrogens (tertiary/aromatic N) is 8. The molecule has 3 atom stereocenters. The Morgan fingerprint density at radius 3 is 2.55 bits per heavy atom. The Labute approximate surface area is 349 Å². The second-order valence-corrected chi connectivity index (χ2v) is 16.9. The van der Waals surface area contributed by atoms with Crippen molar-refractivity contribution in [3.63, 3.8) is 0 Å². The van der Waals surface area contributed by atoms with Crippen LogP contribution in [0.2, 0.25) is 0 Å². The van der Waals surface area contributed by atoms with Gasteiger partial charge >= 0.3 is 0 Å². The number of aryl methyl sites for hydroxylation is 1. The molecular weight excluding hydrogens is 781 g/mol. The van der Waals surface area contributed by atoms with Gasteiger partial charge in [-0.05, 0) is 49.1 Å². The first-order valence-corrected chi connectivity index (χ1v) is 20.8. The van der Waals surface area contributed by atoms with Crippen molar-refractivity contribution in [2.24, 2.45) is 5.92 Å². The zero-order valence-corrected chi connectivity index (χ0v) is 34.4. The summed E-state index contributed by atoms with van der Waals surface area (Å²) in [5, 5.41) is 38.2. The van der Waals surface area contributed by atoms with Gasteiger partial charge < -0.3 is 34.8 Å². The van der Waals surface area contributed by atoms with Crippen molar-refractivity contribution < 1.29 is 24.3 Å². The maximum Gasteiger partial charge on any atom is 0.243 e. The van der Waals surface area contributed by atoms with E-state index in [2.05, 4.69) is 35.5 Å². The first-order valence-electron chi connectivity index (χ1n) is 19.9. The molecule has 2 aromatic carbocycles. The van der Waals surface area contributed by atoms with E-state index < -0.39 is 17.6 Å². The van der Waals surface area contributed by atoms with Crippen LogP contribution >= 0.6 is 11.3 Å². The molecule has 7 aromatic rings. The monoisotopic (exact) mass is 824 g/mol. The number of phenolic OH excluding ortho intramolecular Hbond substituents is 1. The summed E-state index contributed by atoms with van der Waals surface area (Å²) in [5.74, 6) is 0.126. The van der Waals surface area contributed by atoms with Crippen LogP contribution in [0.25, 0.3) is 44.0 Å². The number of aromatic nitrogens is 7. The molecule has 306 valence electrons. The van der Waals surface area contributed by atoms with Crippen molar-refractivity contribution in [3.05, 3.63) is 107 Å². The van der Waals surface area contributed by atoms with Crippen LogP contribution in [0.15, 0.2) is 83.1 Å². The molecule has 2 amide bonds. The average Bonchev–Trinajstić information content (AvgIpc) is 4.08. The van der Waals surface area contributed by atoms with E-state index in [-0.39, 0.29) is 43.0 Å². The molecule has 1 fully saturated rings. The molecule has 1 saturated heterocycles. The summed E-state index contributed by atoms with van der Waals surface area (Å²) < 4.78 is 5.90. The fraction of sp³-hybridized carbons (Fsp3) is 0.318. The van der Waals surface area contributed by atoms with Crippen LogP contribution in [0.3, 0.4) is 0 Å². The highest BCUT2D eigenvalue weighted by molar-refractivity contribution is 7.13. The largest absolute Gasteiger partial charge is 0.507 e. The maximum atomic E-state index is 14.5. The number of aromatic hydroxyl groups is 1. The van der Waals surface area contributed by atoms with Gasteiger partial charge in [0, 0.05) is 85.3 Å². The Bertz CT molecular complexity index is 2710. The Kier molecular flexibility index (Phi) is 10.1. The van der Waals surface area contributed by atoms with E-state index in [1.54, 1.807) is 48.9 Å². The molecule has 2 aliphatic heterocycles. The van der Waals surface area contributed by atoms with Crippen LogP contribution in [0.1, 0.15) is 55.5 Å². The zero-order valence-electron chi connectivity index (χ0n) is 33.6. The smallest absolute Gasteiger partial charge is 0.243 e. The van der Waals surface area contributed by atoms with Gasteiger partial charge in [-0.1, -0.05) is 55.4 Å². The minimum absolute atomic E-state index is 0.0279. The molecule has 2 aliphatic rings. The molecule has 4 N–H and O–H groups in total. The molecule has 15 nitrogen and oxygen atoms in total. The fourth-order valence-electron chi connectivity index (χ4n) is 8.15. The number of aliphatic hydroxyl groups excluding tert-OH is 1. The lowest BCUT2D eigenvalue weighted by atomic mass is 9.75. The van der Waals surface area contributed by atoms with E-state index in [0.29, 0.717) is 53.0 Å². The first kappa shape index (κ1) is 39.0. The van der Waals surface area contributed by atoms with Crippen molar-refractivity contribution >= 4 is 40.1 Å². The minimum atomic E-state index is -1.20. The standard InChI is InChI=1S/C44H44N10O5S/c1-24(2)44(4,42(58)54-21-29(55)15-36(54)41(57)45-18-26-9-11-27(12-10-26)39-25(3)48-23-60-39)38-17-34(52-59-38)28-19-46-43(47-20-28)53-14-13-33-32(22-53)31-16-35(50-51-40(31)49-33)30-7-5-6-8-37(30)56/h5-12,16-17,19-20,23-24,29,36,55-56H,13-15,18,21-22H2,1-4H3,(H,45,57)(H,49,51)/t29-,36+,44+/m1/s1. The molecule has 16 heteroatoms. The quantitative estimate of drug-likeness (QED) is 0.126. The van der Waals surface area contributed by atoms with Gasteiger partial charge in [0.05, 0.1) is 27.9 Å². The van der Waals surface area contributed by atoms with Gasteiger partial charge in [-0.15, -0.1) is 21.5 Å². The summed E-state index contributed by atoms with van der Waals surface area (Å²) in [6, 6.07) is 17.9. The van der Waals surface area contributed by atoms with Crippen LogP contribution in [0.4, 0.5) is 5.95 Å². The Hall–Kier alpha value is -6.52. The van der Waals surface area contributed by atoms with E-state index in [1.807, 2.05) is 68.7 Å². The van der Waals surface area contributed by atoms with Crippen molar-refractivity contribution in [2.75, 3.05) is 18.0 Å². The molecule has 0 saturated carbocycles. The van der Waals surface area contributed by atoms with Gasteiger partial charge in [0.15, 0.2) is 11.4 Å². The number of amides is 2. The third kappa shape index (κ3) is 7.04. The van der Waals surface area contributed by atoms with Gasteiger partial charge in [-0.3, -0.25) is 9.59 Å². The highest BCUT2D eigenvalue weighted by Gasteiger charge is 2.50. The van der Waals surface area contributed by atoms with Gasteiger partial charge in [-0.25, -0.2) is 15.0 Å². The number of phenols is 1. The van der Waals surface area contributed by atoms with E-state index in [1.165, 1.54) is 4.90 Å². The lowest BCUT2D eigenvalue weighted by molar-refractivity contribution is -0.145. The lowest BCUT2D eigenvalue weighted by Gasteiger charge is -2.36. The molecule has 0 spiro atoms. The fourth-order valence-corrected chi connectivity index (χ4v) is 8.96. The highest BCUT2D eigenvalue weighted by Crippen LogP contribution is 2.39. The van der Waals surface area contributed by atoms with Crippen molar-refractivity contribution in [2.45, 2.75) is 71.2 Å². The number of nitrogens with one attached hydrogen (secondary N) is 2. The van der Waals surface area contributed by atoms with Crippen LogP contribution in [-0.4, -0.2) is 87.5 Å². The van der Waals surface area contributed by atoms with Crippen LogP contribution in [0.5, 0.6) is 5.75 Å². The van der Waals surface area contributed by atoms with Crippen molar-refractivity contribution in [1.82, 2.24) is 45.5 Å². The topological polar surface area (TPSA) is 199 Å². The second kappa shape index (κ2) is 15.6. The number of likely N-dealkylation sites (tertiary alicyclic amines) is 1. The normalized spacial score (nSPS) is 17.6. The van der Waals surface area contributed by atoms with Gasteiger partial charge in [0.1, 0.15) is 22.9 Å². The number of aromatic amines is 1. The van der Waals surface area contributed by atoms with E-state index in [0.717, 1.165) is 44.8 Å². The Balaban J connectivity index is 0.887. The Morgan fingerprint density at radius 2 is 1.82 bits per heavy atom. The number of anilines is 1. The van der Waals surface area contributed by atoms with E-state index in [4.69, 9.17) is 14.5 Å². The van der Waals surface area contributed by atoms with Crippen LogP contribution < -0.4 is 10.2 Å². The zero-order chi connectivity index (χ0) is 41.7. The summed E-state index contributed by atoms with van der Waals surface area (Å²) in [6.07, 6.45) is 3.40.